The molecule has 0 aliphatic carbocycles. The first-order valence-corrected chi connectivity index (χ1v) is 9.60. The standard InChI is InChI=1S/C24H22N4O2/c1-16-9-10-17(2)21(15-16)25-24(29)22-26-23(18-7-5-4-6-8-18)28(27-22)19-11-13-20(30-3)14-12-19/h4-15H,1-3H3,(H,25,29). The molecule has 4 rings (SSSR count). The highest BCUT2D eigenvalue weighted by atomic mass is 16.5. The van der Waals surface area contributed by atoms with Crippen molar-refractivity contribution in [3.05, 3.63) is 89.7 Å². The van der Waals surface area contributed by atoms with Crippen molar-refractivity contribution in [2.75, 3.05) is 12.4 Å². The summed E-state index contributed by atoms with van der Waals surface area (Å²) in [4.78, 5) is 17.5. The molecule has 0 saturated heterocycles. The second-order valence-corrected chi connectivity index (χ2v) is 7.01. The van der Waals surface area contributed by atoms with Gasteiger partial charge in [-0.25, -0.2) is 9.67 Å². The number of nitrogens with zero attached hydrogens (tertiary/aromatic N) is 3. The van der Waals surface area contributed by atoms with Crippen LogP contribution in [0.15, 0.2) is 72.8 Å². The van der Waals surface area contributed by atoms with Gasteiger partial charge in [0.2, 0.25) is 5.82 Å². The number of aromatic nitrogens is 3. The Morgan fingerprint density at radius 2 is 1.70 bits per heavy atom. The Kier molecular flexibility index (Phi) is 5.30. The van der Waals surface area contributed by atoms with Crippen molar-refractivity contribution in [1.82, 2.24) is 14.8 Å². The maximum atomic E-state index is 12.9. The fraction of sp³-hybridized carbons (Fsp3) is 0.125. The fourth-order valence-corrected chi connectivity index (χ4v) is 3.13. The van der Waals surface area contributed by atoms with Gasteiger partial charge in [0.15, 0.2) is 5.82 Å². The molecule has 1 N–H and O–H groups in total. The Morgan fingerprint density at radius 1 is 0.967 bits per heavy atom. The van der Waals surface area contributed by atoms with Gasteiger partial charge >= 0.3 is 0 Å². The Hall–Kier alpha value is -3.93. The van der Waals surface area contributed by atoms with Crippen LogP contribution in [0.2, 0.25) is 0 Å². The van der Waals surface area contributed by atoms with Crippen LogP contribution in [0.3, 0.4) is 0 Å². The largest absolute Gasteiger partial charge is 0.497 e. The van der Waals surface area contributed by atoms with Gasteiger partial charge in [-0.1, -0.05) is 42.5 Å². The highest BCUT2D eigenvalue weighted by Crippen LogP contribution is 2.23. The van der Waals surface area contributed by atoms with Crippen LogP contribution in [0.4, 0.5) is 5.69 Å². The van der Waals surface area contributed by atoms with Crippen molar-refractivity contribution in [2.24, 2.45) is 0 Å². The van der Waals surface area contributed by atoms with E-state index in [0.29, 0.717) is 5.82 Å². The lowest BCUT2D eigenvalue weighted by molar-refractivity contribution is 0.101. The summed E-state index contributed by atoms with van der Waals surface area (Å²) in [6.45, 7) is 3.94. The van der Waals surface area contributed by atoms with E-state index in [9.17, 15) is 4.79 Å². The maximum Gasteiger partial charge on any atom is 0.295 e. The molecular weight excluding hydrogens is 376 g/mol. The number of hydrogen-bond acceptors (Lipinski definition) is 4. The SMILES string of the molecule is COc1ccc(-n2nc(C(=O)Nc3cc(C)ccc3C)nc2-c2ccccc2)cc1. The predicted octanol–water partition coefficient (Wildman–Crippen LogP) is 4.81. The number of carbonyl (C=O) groups excluding carboxylic acids is 1. The summed E-state index contributed by atoms with van der Waals surface area (Å²) in [7, 11) is 1.62. The van der Waals surface area contributed by atoms with Crippen molar-refractivity contribution in [3.63, 3.8) is 0 Å². The van der Waals surface area contributed by atoms with E-state index in [4.69, 9.17) is 4.74 Å². The quantitative estimate of drug-likeness (QED) is 0.524. The minimum atomic E-state index is -0.354. The van der Waals surface area contributed by atoms with Crippen molar-refractivity contribution in [2.45, 2.75) is 13.8 Å². The average molecular weight is 398 g/mol. The summed E-state index contributed by atoms with van der Waals surface area (Å²) < 4.78 is 6.91. The third kappa shape index (κ3) is 3.93. The topological polar surface area (TPSA) is 69.0 Å². The van der Waals surface area contributed by atoms with E-state index in [1.807, 2.05) is 86.6 Å². The lowest BCUT2D eigenvalue weighted by atomic mass is 10.1. The molecule has 0 saturated carbocycles. The number of amides is 1. The van der Waals surface area contributed by atoms with Crippen LogP contribution in [-0.2, 0) is 0 Å². The lowest BCUT2D eigenvalue weighted by Crippen LogP contribution is -2.15. The number of hydrogen-bond donors (Lipinski definition) is 1. The molecule has 0 spiro atoms. The molecule has 1 aromatic heterocycles. The number of carbonyl (C=O) groups is 1. The molecule has 4 aromatic rings. The zero-order valence-electron chi connectivity index (χ0n) is 17.1. The second-order valence-electron chi connectivity index (χ2n) is 7.01. The molecule has 1 amide bonds. The van der Waals surface area contributed by atoms with E-state index >= 15 is 0 Å². The van der Waals surface area contributed by atoms with Crippen LogP contribution in [0.25, 0.3) is 17.1 Å². The van der Waals surface area contributed by atoms with Crippen molar-refractivity contribution in [1.29, 1.82) is 0 Å². The highest BCUT2D eigenvalue weighted by Gasteiger charge is 2.19. The number of rotatable bonds is 5. The number of aryl methyl sites for hydroxylation is 2. The van der Waals surface area contributed by atoms with Crippen LogP contribution < -0.4 is 10.1 Å². The Balaban J connectivity index is 1.74. The van der Waals surface area contributed by atoms with E-state index in [1.165, 1.54) is 0 Å². The van der Waals surface area contributed by atoms with E-state index in [2.05, 4.69) is 15.4 Å². The lowest BCUT2D eigenvalue weighted by Gasteiger charge is -2.07. The molecule has 0 radical (unpaired) electrons. The van der Waals surface area contributed by atoms with Gasteiger partial charge in [0.05, 0.1) is 12.8 Å². The molecule has 1 heterocycles. The van der Waals surface area contributed by atoms with Crippen LogP contribution in [0.5, 0.6) is 5.75 Å². The summed E-state index contributed by atoms with van der Waals surface area (Å²) in [6.07, 6.45) is 0. The Labute approximate surface area is 175 Å². The normalized spacial score (nSPS) is 10.6. The molecule has 0 fully saturated rings. The molecule has 6 heteroatoms. The van der Waals surface area contributed by atoms with Crippen LogP contribution in [0, 0.1) is 13.8 Å². The van der Waals surface area contributed by atoms with Gasteiger partial charge in [-0.05, 0) is 55.3 Å². The van der Waals surface area contributed by atoms with Gasteiger partial charge in [0, 0.05) is 11.3 Å². The van der Waals surface area contributed by atoms with Gasteiger partial charge in [-0.3, -0.25) is 4.79 Å². The third-order valence-electron chi connectivity index (χ3n) is 4.80. The van der Waals surface area contributed by atoms with Gasteiger partial charge in [0.25, 0.3) is 5.91 Å². The van der Waals surface area contributed by atoms with Gasteiger partial charge in [-0.2, -0.15) is 0 Å². The molecular formula is C24H22N4O2. The molecule has 3 aromatic carbocycles. The van der Waals surface area contributed by atoms with E-state index < -0.39 is 0 Å². The third-order valence-corrected chi connectivity index (χ3v) is 4.80. The summed E-state index contributed by atoms with van der Waals surface area (Å²) in [5.41, 5.74) is 4.45. The highest BCUT2D eigenvalue weighted by molar-refractivity contribution is 6.02. The predicted molar refractivity (Wildman–Crippen MR) is 117 cm³/mol. The molecule has 0 unspecified atom stereocenters. The summed E-state index contributed by atoms with van der Waals surface area (Å²) >= 11 is 0. The monoisotopic (exact) mass is 398 g/mol. The van der Waals surface area contributed by atoms with Crippen LogP contribution in [0.1, 0.15) is 21.7 Å². The Morgan fingerprint density at radius 3 is 2.40 bits per heavy atom. The van der Waals surface area contributed by atoms with Gasteiger partial charge in [-0.15, -0.1) is 5.10 Å². The number of anilines is 1. The molecule has 150 valence electrons. The number of benzene rings is 3. The fourth-order valence-electron chi connectivity index (χ4n) is 3.13. The number of methoxy groups -OCH3 is 1. The summed E-state index contributed by atoms with van der Waals surface area (Å²) in [5.74, 6) is 1.08. The summed E-state index contributed by atoms with van der Waals surface area (Å²) in [6, 6.07) is 23.1. The first kappa shape index (κ1) is 19.4. The first-order valence-electron chi connectivity index (χ1n) is 9.60. The molecule has 0 aliphatic heterocycles. The molecule has 0 bridgehead atoms. The average Bonchev–Trinajstić information content (AvgIpc) is 3.22. The van der Waals surface area contributed by atoms with Crippen LogP contribution >= 0.6 is 0 Å². The number of nitrogens with one attached hydrogen (secondary N) is 1. The van der Waals surface area contributed by atoms with Crippen molar-refractivity contribution >= 4 is 11.6 Å². The van der Waals surface area contributed by atoms with Gasteiger partial charge in [0.1, 0.15) is 5.75 Å². The smallest absolute Gasteiger partial charge is 0.295 e. The zero-order chi connectivity index (χ0) is 21.1. The molecule has 0 atom stereocenters. The Bertz CT molecular complexity index is 1180. The zero-order valence-corrected chi connectivity index (χ0v) is 17.1. The van der Waals surface area contributed by atoms with Gasteiger partial charge < -0.3 is 10.1 Å². The first-order chi connectivity index (χ1) is 14.5. The molecule has 30 heavy (non-hydrogen) atoms. The van der Waals surface area contributed by atoms with Crippen molar-refractivity contribution in [3.8, 4) is 22.8 Å². The number of ether oxygens (including phenoxy) is 1. The minimum Gasteiger partial charge on any atom is -0.497 e. The van der Waals surface area contributed by atoms with E-state index in [-0.39, 0.29) is 11.7 Å². The second kappa shape index (κ2) is 8.21. The van der Waals surface area contributed by atoms with E-state index in [0.717, 1.165) is 33.8 Å². The van der Waals surface area contributed by atoms with Crippen molar-refractivity contribution < 1.29 is 9.53 Å². The summed E-state index contributed by atoms with van der Waals surface area (Å²) in [5, 5.41) is 7.44. The molecule has 6 nitrogen and oxygen atoms in total. The minimum absolute atomic E-state index is 0.102. The molecule has 0 aliphatic rings. The van der Waals surface area contributed by atoms with Crippen LogP contribution in [-0.4, -0.2) is 27.8 Å². The van der Waals surface area contributed by atoms with E-state index in [1.54, 1.807) is 11.8 Å². The maximum absolute atomic E-state index is 12.9.